The third-order valence-corrected chi connectivity index (χ3v) is 6.13. The average molecular weight is 335 g/mol. The van der Waals surface area contributed by atoms with Crippen molar-refractivity contribution in [3.8, 4) is 0 Å². The molecule has 0 amide bonds. The SMILES string of the molecule is Fc1ccc(CN2CCC3(CC2)OCCc2ccsc23)c(F)c1. The van der Waals surface area contributed by atoms with Gasteiger partial charge in [-0.15, -0.1) is 11.3 Å². The summed E-state index contributed by atoms with van der Waals surface area (Å²) < 4.78 is 33.0. The maximum Gasteiger partial charge on any atom is 0.130 e. The van der Waals surface area contributed by atoms with Crippen molar-refractivity contribution in [2.45, 2.75) is 31.4 Å². The van der Waals surface area contributed by atoms with Crippen LogP contribution in [0.5, 0.6) is 0 Å². The number of thiophene rings is 1. The van der Waals surface area contributed by atoms with Gasteiger partial charge < -0.3 is 4.74 Å². The van der Waals surface area contributed by atoms with Gasteiger partial charge in [-0.2, -0.15) is 0 Å². The van der Waals surface area contributed by atoms with Crippen molar-refractivity contribution in [3.05, 3.63) is 57.3 Å². The van der Waals surface area contributed by atoms with Crippen molar-refractivity contribution in [2.75, 3.05) is 19.7 Å². The second kappa shape index (κ2) is 5.96. The summed E-state index contributed by atoms with van der Waals surface area (Å²) in [6.45, 7) is 3.05. The van der Waals surface area contributed by atoms with E-state index >= 15 is 0 Å². The van der Waals surface area contributed by atoms with E-state index in [9.17, 15) is 8.78 Å². The maximum absolute atomic E-state index is 13.8. The highest BCUT2D eigenvalue weighted by Gasteiger charge is 2.41. The molecule has 0 saturated carbocycles. The Morgan fingerprint density at radius 3 is 2.78 bits per heavy atom. The van der Waals surface area contributed by atoms with Crippen molar-refractivity contribution in [1.29, 1.82) is 0 Å². The molecule has 2 aromatic rings. The molecular weight excluding hydrogens is 316 g/mol. The molecule has 0 atom stereocenters. The molecule has 5 heteroatoms. The number of hydrogen-bond donors (Lipinski definition) is 0. The number of likely N-dealkylation sites (tertiary alicyclic amines) is 1. The molecule has 1 aromatic heterocycles. The van der Waals surface area contributed by atoms with Gasteiger partial charge in [0.15, 0.2) is 0 Å². The lowest BCUT2D eigenvalue weighted by atomic mass is 9.85. The van der Waals surface area contributed by atoms with E-state index in [1.54, 1.807) is 17.4 Å². The molecule has 4 rings (SSSR count). The predicted molar refractivity (Wildman–Crippen MR) is 86.5 cm³/mol. The average Bonchev–Trinajstić information content (AvgIpc) is 3.03. The van der Waals surface area contributed by atoms with Crippen LogP contribution in [-0.2, 0) is 23.3 Å². The van der Waals surface area contributed by atoms with Gasteiger partial charge in [-0.05, 0) is 42.3 Å². The number of rotatable bonds is 2. The lowest BCUT2D eigenvalue weighted by molar-refractivity contribution is -0.0961. The van der Waals surface area contributed by atoms with Crippen LogP contribution >= 0.6 is 11.3 Å². The Bertz CT molecular complexity index is 707. The number of hydrogen-bond acceptors (Lipinski definition) is 3. The van der Waals surface area contributed by atoms with E-state index in [-0.39, 0.29) is 5.60 Å². The molecule has 1 aromatic carbocycles. The Morgan fingerprint density at radius 2 is 2.00 bits per heavy atom. The van der Waals surface area contributed by atoms with Crippen LogP contribution in [0.15, 0.2) is 29.6 Å². The summed E-state index contributed by atoms with van der Waals surface area (Å²) in [7, 11) is 0. The molecule has 122 valence electrons. The van der Waals surface area contributed by atoms with Gasteiger partial charge in [-0.3, -0.25) is 4.90 Å². The van der Waals surface area contributed by atoms with E-state index in [1.807, 2.05) is 0 Å². The highest BCUT2D eigenvalue weighted by molar-refractivity contribution is 7.10. The van der Waals surface area contributed by atoms with Crippen molar-refractivity contribution < 1.29 is 13.5 Å². The van der Waals surface area contributed by atoms with Crippen LogP contribution in [0, 0.1) is 11.6 Å². The van der Waals surface area contributed by atoms with Crippen LogP contribution in [0.2, 0.25) is 0 Å². The number of piperidine rings is 1. The Hall–Kier alpha value is -1.30. The Morgan fingerprint density at radius 1 is 1.17 bits per heavy atom. The normalized spacial score (nSPS) is 20.6. The summed E-state index contributed by atoms with van der Waals surface area (Å²) in [5.74, 6) is -0.982. The highest BCUT2D eigenvalue weighted by atomic mass is 32.1. The molecule has 2 aliphatic heterocycles. The van der Waals surface area contributed by atoms with Gasteiger partial charge in [0.25, 0.3) is 0 Å². The predicted octanol–water partition coefficient (Wildman–Crippen LogP) is 4.09. The third kappa shape index (κ3) is 2.82. The van der Waals surface area contributed by atoms with Crippen molar-refractivity contribution in [1.82, 2.24) is 4.90 Å². The zero-order valence-electron chi connectivity index (χ0n) is 12.9. The van der Waals surface area contributed by atoms with Crippen LogP contribution in [0.4, 0.5) is 8.78 Å². The maximum atomic E-state index is 13.8. The van der Waals surface area contributed by atoms with Crippen LogP contribution in [0.3, 0.4) is 0 Å². The van der Waals surface area contributed by atoms with Gasteiger partial charge in [-0.1, -0.05) is 6.07 Å². The largest absolute Gasteiger partial charge is 0.369 e. The highest BCUT2D eigenvalue weighted by Crippen LogP contribution is 2.44. The Labute approximate surface area is 138 Å². The molecule has 1 spiro atoms. The van der Waals surface area contributed by atoms with Gasteiger partial charge >= 0.3 is 0 Å². The standard InChI is InChI=1S/C18H19F2NOS/c19-15-2-1-14(16(20)11-15)12-21-7-5-18(6-8-21)17-13(3-9-22-18)4-10-23-17/h1-2,4,10-11H,3,5-9,12H2. The molecule has 0 radical (unpaired) electrons. The van der Waals surface area contributed by atoms with Crippen molar-refractivity contribution in [2.24, 2.45) is 0 Å². The van der Waals surface area contributed by atoms with Crippen LogP contribution in [0.25, 0.3) is 0 Å². The number of ether oxygens (including phenoxy) is 1. The summed E-state index contributed by atoms with van der Waals surface area (Å²) in [5.41, 5.74) is 1.85. The van der Waals surface area contributed by atoms with Gasteiger partial charge in [0.1, 0.15) is 17.2 Å². The first kappa shape index (κ1) is 15.2. The van der Waals surface area contributed by atoms with Gasteiger partial charge in [0.2, 0.25) is 0 Å². The molecule has 1 fully saturated rings. The molecule has 1 saturated heterocycles. The molecule has 0 aliphatic carbocycles. The lowest BCUT2D eigenvalue weighted by Gasteiger charge is -2.43. The van der Waals surface area contributed by atoms with Crippen molar-refractivity contribution in [3.63, 3.8) is 0 Å². The minimum atomic E-state index is -0.523. The van der Waals surface area contributed by atoms with E-state index < -0.39 is 11.6 Å². The molecule has 0 unspecified atom stereocenters. The number of halogens is 2. The van der Waals surface area contributed by atoms with Gasteiger partial charge in [0.05, 0.1) is 6.61 Å². The molecule has 0 bridgehead atoms. The fraction of sp³-hybridized carbons (Fsp3) is 0.444. The van der Waals surface area contributed by atoms with Gasteiger partial charge in [-0.25, -0.2) is 8.78 Å². The van der Waals surface area contributed by atoms with E-state index in [0.717, 1.165) is 45.0 Å². The summed E-state index contributed by atoms with van der Waals surface area (Å²) in [6, 6.07) is 6.04. The molecule has 2 nitrogen and oxygen atoms in total. The van der Waals surface area contributed by atoms with E-state index in [1.165, 1.54) is 16.5 Å². The number of benzene rings is 1. The van der Waals surface area contributed by atoms with E-state index in [2.05, 4.69) is 16.3 Å². The summed E-state index contributed by atoms with van der Waals surface area (Å²) >= 11 is 1.79. The van der Waals surface area contributed by atoms with E-state index in [0.29, 0.717) is 12.1 Å². The first-order valence-electron chi connectivity index (χ1n) is 8.03. The van der Waals surface area contributed by atoms with Crippen LogP contribution < -0.4 is 0 Å². The van der Waals surface area contributed by atoms with Crippen LogP contribution in [-0.4, -0.2) is 24.6 Å². The topological polar surface area (TPSA) is 12.5 Å². The second-order valence-electron chi connectivity index (χ2n) is 6.38. The smallest absolute Gasteiger partial charge is 0.130 e. The molecular formula is C18H19F2NOS. The fourth-order valence-electron chi connectivity index (χ4n) is 3.69. The zero-order chi connectivity index (χ0) is 15.9. The number of nitrogens with zero attached hydrogens (tertiary/aromatic N) is 1. The molecule has 23 heavy (non-hydrogen) atoms. The third-order valence-electron chi connectivity index (χ3n) is 4.98. The lowest BCUT2D eigenvalue weighted by Crippen LogP contribution is -2.45. The Balaban J connectivity index is 1.46. The van der Waals surface area contributed by atoms with Gasteiger partial charge in [0, 0.05) is 36.1 Å². The number of fused-ring (bicyclic) bond motifs is 2. The summed E-state index contributed by atoms with van der Waals surface area (Å²) in [4.78, 5) is 3.61. The van der Waals surface area contributed by atoms with Crippen LogP contribution in [0.1, 0.15) is 28.8 Å². The first-order valence-corrected chi connectivity index (χ1v) is 8.91. The minimum absolute atomic E-state index is 0.139. The minimum Gasteiger partial charge on any atom is -0.369 e. The second-order valence-corrected chi connectivity index (χ2v) is 7.30. The van der Waals surface area contributed by atoms with E-state index in [4.69, 9.17) is 4.74 Å². The molecule has 0 N–H and O–H groups in total. The fourth-order valence-corrected chi connectivity index (χ4v) is 4.86. The monoisotopic (exact) mass is 335 g/mol. The first-order chi connectivity index (χ1) is 11.2. The zero-order valence-corrected chi connectivity index (χ0v) is 13.7. The summed E-state index contributed by atoms with van der Waals surface area (Å²) in [5, 5.41) is 2.15. The Kier molecular flexibility index (Phi) is 3.95. The van der Waals surface area contributed by atoms with Crippen molar-refractivity contribution >= 4 is 11.3 Å². The quantitative estimate of drug-likeness (QED) is 0.820. The summed E-state index contributed by atoms with van der Waals surface area (Å²) in [6.07, 6.45) is 2.87. The molecule has 3 heterocycles. The molecule has 2 aliphatic rings.